The standard InChI is InChI=1S/C17H30O2S3/c1-3-4-5-6-7-8-9-10-11-12-13-15(20)17(21)22-14(2)16(18)19/h14H,3-13H2,1-2H3,(H,18,19). The minimum absolute atomic E-state index is 0.516. The minimum Gasteiger partial charge on any atom is -0.480 e. The predicted octanol–water partition coefficient (Wildman–Crippen LogP) is 6.20. The summed E-state index contributed by atoms with van der Waals surface area (Å²) in [4.78, 5) is 11.5. The molecule has 0 rings (SSSR count). The number of hydrogen-bond acceptors (Lipinski definition) is 4. The summed E-state index contributed by atoms with van der Waals surface area (Å²) in [6.45, 7) is 3.89. The number of aliphatic carboxylic acids is 1. The van der Waals surface area contributed by atoms with Crippen molar-refractivity contribution >= 4 is 51.2 Å². The Hall–Kier alpha value is 0. The topological polar surface area (TPSA) is 37.3 Å². The molecule has 0 radical (unpaired) electrons. The van der Waals surface area contributed by atoms with Crippen LogP contribution in [0.4, 0.5) is 0 Å². The van der Waals surface area contributed by atoms with Gasteiger partial charge in [-0.1, -0.05) is 101 Å². The van der Waals surface area contributed by atoms with E-state index < -0.39 is 11.2 Å². The number of rotatable bonds is 14. The highest BCUT2D eigenvalue weighted by Gasteiger charge is 2.16. The van der Waals surface area contributed by atoms with Crippen molar-refractivity contribution in [1.82, 2.24) is 0 Å². The molecule has 0 aromatic heterocycles. The third-order valence-corrected chi connectivity index (χ3v) is 5.83. The van der Waals surface area contributed by atoms with Crippen LogP contribution in [0.3, 0.4) is 0 Å². The normalized spacial score (nSPS) is 12.1. The molecule has 22 heavy (non-hydrogen) atoms. The van der Waals surface area contributed by atoms with E-state index in [1.165, 1.54) is 69.5 Å². The van der Waals surface area contributed by atoms with Gasteiger partial charge in [0, 0.05) is 4.86 Å². The molecule has 0 aliphatic heterocycles. The van der Waals surface area contributed by atoms with E-state index in [4.69, 9.17) is 29.5 Å². The molecule has 0 aromatic rings. The molecule has 2 nitrogen and oxygen atoms in total. The Morgan fingerprint density at radius 3 is 1.86 bits per heavy atom. The van der Waals surface area contributed by atoms with Crippen molar-refractivity contribution < 1.29 is 9.90 Å². The van der Waals surface area contributed by atoms with Crippen LogP contribution in [0.1, 0.15) is 84.5 Å². The molecule has 1 atom stereocenters. The average molecular weight is 363 g/mol. The maximum atomic E-state index is 10.8. The first kappa shape index (κ1) is 22.0. The number of carbonyl (C=O) groups is 1. The lowest BCUT2D eigenvalue weighted by Gasteiger charge is -2.08. The second kappa shape index (κ2) is 14.6. The summed E-state index contributed by atoms with van der Waals surface area (Å²) in [7, 11) is 0. The first-order valence-electron chi connectivity index (χ1n) is 8.45. The molecular formula is C17H30O2S3. The van der Waals surface area contributed by atoms with Crippen LogP contribution in [-0.4, -0.2) is 25.4 Å². The van der Waals surface area contributed by atoms with Crippen LogP contribution in [0.2, 0.25) is 0 Å². The van der Waals surface area contributed by atoms with E-state index in [2.05, 4.69) is 6.92 Å². The van der Waals surface area contributed by atoms with Crippen LogP contribution in [0.25, 0.3) is 0 Å². The van der Waals surface area contributed by atoms with Crippen LogP contribution >= 0.6 is 36.2 Å². The quantitative estimate of drug-likeness (QED) is 0.294. The van der Waals surface area contributed by atoms with E-state index in [0.29, 0.717) is 4.20 Å². The molecule has 0 fully saturated rings. The van der Waals surface area contributed by atoms with Gasteiger partial charge in [0.2, 0.25) is 0 Å². The zero-order chi connectivity index (χ0) is 16.8. The Morgan fingerprint density at radius 1 is 0.955 bits per heavy atom. The Morgan fingerprint density at radius 2 is 1.41 bits per heavy atom. The zero-order valence-corrected chi connectivity index (χ0v) is 16.4. The van der Waals surface area contributed by atoms with Gasteiger partial charge in [-0.15, -0.1) is 0 Å². The second-order valence-electron chi connectivity index (χ2n) is 5.74. The summed E-state index contributed by atoms with van der Waals surface area (Å²) in [6, 6.07) is 0. The zero-order valence-electron chi connectivity index (χ0n) is 13.9. The maximum Gasteiger partial charge on any atom is 0.316 e. The molecule has 1 unspecified atom stereocenters. The molecule has 128 valence electrons. The van der Waals surface area contributed by atoms with Gasteiger partial charge in [-0.25, -0.2) is 0 Å². The highest BCUT2D eigenvalue weighted by atomic mass is 32.2. The van der Waals surface area contributed by atoms with Crippen molar-refractivity contribution in [2.75, 3.05) is 0 Å². The van der Waals surface area contributed by atoms with Crippen molar-refractivity contribution in [3.8, 4) is 0 Å². The second-order valence-corrected chi connectivity index (χ2v) is 8.25. The first-order chi connectivity index (χ1) is 10.5. The van der Waals surface area contributed by atoms with Gasteiger partial charge in [0.1, 0.15) is 5.25 Å². The van der Waals surface area contributed by atoms with Crippen molar-refractivity contribution in [3.05, 3.63) is 0 Å². The van der Waals surface area contributed by atoms with Crippen molar-refractivity contribution in [2.24, 2.45) is 0 Å². The molecule has 1 N–H and O–H groups in total. The Balaban J connectivity index is 3.49. The maximum absolute atomic E-state index is 10.8. The molecule has 0 saturated heterocycles. The van der Waals surface area contributed by atoms with Gasteiger partial charge >= 0.3 is 5.97 Å². The first-order valence-corrected chi connectivity index (χ1v) is 10.1. The number of thioether (sulfide) groups is 1. The molecule has 0 aromatic carbocycles. The van der Waals surface area contributed by atoms with Gasteiger partial charge in [0.05, 0.1) is 4.20 Å². The number of hydrogen-bond donors (Lipinski definition) is 1. The molecule has 0 amide bonds. The van der Waals surface area contributed by atoms with Gasteiger partial charge in [0.25, 0.3) is 0 Å². The van der Waals surface area contributed by atoms with Crippen molar-refractivity contribution in [1.29, 1.82) is 0 Å². The van der Waals surface area contributed by atoms with Gasteiger partial charge in [-0.2, -0.15) is 0 Å². The lowest BCUT2D eigenvalue weighted by Crippen LogP contribution is -2.16. The van der Waals surface area contributed by atoms with Crippen molar-refractivity contribution in [3.63, 3.8) is 0 Å². The van der Waals surface area contributed by atoms with E-state index >= 15 is 0 Å². The largest absolute Gasteiger partial charge is 0.480 e. The summed E-state index contributed by atoms with van der Waals surface area (Å²) in [5.41, 5.74) is 0. The highest BCUT2D eigenvalue weighted by molar-refractivity contribution is 8.27. The van der Waals surface area contributed by atoms with Gasteiger partial charge < -0.3 is 5.11 Å². The third kappa shape index (κ3) is 12.5. The molecule has 0 saturated carbocycles. The number of thiocarbonyl (C=S) groups is 2. The summed E-state index contributed by atoms with van der Waals surface area (Å²) in [5, 5.41) is 8.34. The number of carboxylic acids is 1. The summed E-state index contributed by atoms with van der Waals surface area (Å²) >= 11 is 11.7. The molecule has 0 spiro atoms. The lowest BCUT2D eigenvalue weighted by atomic mass is 10.1. The highest BCUT2D eigenvalue weighted by Crippen LogP contribution is 2.18. The van der Waals surface area contributed by atoms with Crippen LogP contribution in [0.15, 0.2) is 0 Å². The monoisotopic (exact) mass is 362 g/mol. The molecule has 0 heterocycles. The van der Waals surface area contributed by atoms with E-state index in [9.17, 15) is 4.79 Å². The fourth-order valence-electron chi connectivity index (χ4n) is 2.15. The molecule has 0 aliphatic rings. The Kier molecular flexibility index (Phi) is 14.6. The van der Waals surface area contributed by atoms with E-state index in [1.54, 1.807) is 6.92 Å². The van der Waals surface area contributed by atoms with Gasteiger partial charge in [-0.3, -0.25) is 4.79 Å². The molecule has 0 bridgehead atoms. The summed E-state index contributed by atoms with van der Waals surface area (Å²) in [6.07, 6.45) is 13.8. The SMILES string of the molecule is CCCCCCCCCCCCC(=S)C(=S)SC(C)C(=O)O. The minimum atomic E-state index is -0.839. The van der Waals surface area contributed by atoms with Crippen LogP contribution in [0.5, 0.6) is 0 Å². The fourth-order valence-corrected chi connectivity index (χ4v) is 3.63. The van der Waals surface area contributed by atoms with Crippen LogP contribution in [-0.2, 0) is 4.79 Å². The lowest BCUT2D eigenvalue weighted by molar-refractivity contribution is -0.136. The smallest absolute Gasteiger partial charge is 0.316 e. The number of carboxylic acid groups (broad SMARTS) is 1. The molecule has 5 heteroatoms. The average Bonchev–Trinajstić information content (AvgIpc) is 2.48. The summed E-state index contributed by atoms with van der Waals surface area (Å²) in [5.74, 6) is -0.839. The van der Waals surface area contributed by atoms with E-state index in [1.807, 2.05) is 0 Å². The van der Waals surface area contributed by atoms with Crippen molar-refractivity contribution in [2.45, 2.75) is 89.7 Å². The van der Waals surface area contributed by atoms with Crippen LogP contribution in [0, 0.1) is 0 Å². The fraction of sp³-hybridized carbons (Fsp3) is 0.824. The van der Waals surface area contributed by atoms with E-state index in [0.717, 1.165) is 17.7 Å². The third-order valence-electron chi connectivity index (χ3n) is 3.62. The Bertz CT molecular complexity index is 343. The molecule has 0 aliphatic carbocycles. The molecular weight excluding hydrogens is 332 g/mol. The van der Waals surface area contributed by atoms with Crippen LogP contribution < -0.4 is 0 Å². The van der Waals surface area contributed by atoms with Gasteiger partial charge in [0.15, 0.2) is 0 Å². The summed E-state index contributed by atoms with van der Waals surface area (Å²) < 4.78 is 0.584. The Labute approximate surface area is 150 Å². The van der Waals surface area contributed by atoms with Gasteiger partial charge in [-0.05, 0) is 19.8 Å². The van der Waals surface area contributed by atoms with E-state index in [-0.39, 0.29) is 0 Å². The predicted molar refractivity (Wildman–Crippen MR) is 106 cm³/mol. The number of unbranched alkanes of at least 4 members (excludes halogenated alkanes) is 9.